The zero-order valence-corrected chi connectivity index (χ0v) is 17.6. The monoisotopic (exact) mass is 452 g/mol. The molecule has 2 atom stereocenters. The van der Waals surface area contributed by atoms with Gasteiger partial charge in [0.15, 0.2) is 5.96 Å². The quantitative estimate of drug-likeness (QED) is 0.408. The topological polar surface area (TPSA) is 48.9 Å². The molecule has 2 rings (SSSR count). The second-order valence-electron chi connectivity index (χ2n) is 5.97. The highest BCUT2D eigenvalue weighted by Gasteiger charge is 2.18. The number of morpholine rings is 1. The minimum absolute atomic E-state index is 0. The molecule has 0 spiro atoms. The van der Waals surface area contributed by atoms with Gasteiger partial charge in [-0.15, -0.1) is 35.3 Å². The lowest BCUT2D eigenvalue weighted by Crippen LogP contribution is -2.49. The molecule has 7 heteroatoms. The number of nitrogens with one attached hydrogen (secondary N) is 2. The van der Waals surface area contributed by atoms with Gasteiger partial charge in [-0.3, -0.25) is 4.99 Å². The van der Waals surface area contributed by atoms with E-state index in [2.05, 4.69) is 53.6 Å². The zero-order chi connectivity index (χ0) is 15.9. The Bertz CT molecular complexity index is 494. The number of hydrogen-bond donors (Lipinski definition) is 2. The average Bonchev–Trinajstić information content (AvgIpc) is 2.88. The Balaban J connectivity index is 0.00000264. The van der Waals surface area contributed by atoms with Gasteiger partial charge in [0.25, 0.3) is 0 Å². The van der Waals surface area contributed by atoms with E-state index in [1.165, 1.54) is 9.75 Å². The van der Waals surface area contributed by atoms with Crippen molar-refractivity contribution in [2.75, 3.05) is 40.3 Å². The van der Waals surface area contributed by atoms with Crippen LogP contribution in [0.15, 0.2) is 17.1 Å². The third-order valence-electron chi connectivity index (χ3n) is 3.75. The highest BCUT2D eigenvalue weighted by molar-refractivity contribution is 14.0. The van der Waals surface area contributed by atoms with Crippen LogP contribution >= 0.6 is 35.3 Å². The number of thiophene rings is 1. The largest absolute Gasteiger partial charge is 0.374 e. The Morgan fingerprint density at radius 3 is 2.91 bits per heavy atom. The summed E-state index contributed by atoms with van der Waals surface area (Å²) in [6.45, 7) is 7.91. The van der Waals surface area contributed by atoms with Gasteiger partial charge in [-0.2, -0.15) is 0 Å². The van der Waals surface area contributed by atoms with Gasteiger partial charge in [0.2, 0.25) is 0 Å². The zero-order valence-electron chi connectivity index (χ0n) is 14.5. The van der Waals surface area contributed by atoms with Crippen LogP contribution in [0.25, 0.3) is 0 Å². The number of nitrogens with zero attached hydrogens (tertiary/aromatic N) is 2. The summed E-state index contributed by atoms with van der Waals surface area (Å²) in [4.78, 5) is 9.38. The Kier molecular flexibility index (Phi) is 9.41. The molecule has 23 heavy (non-hydrogen) atoms. The van der Waals surface area contributed by atoms with Crippen molar-refractivity contribution in [2.45, 2.75) is 32.4 Å². The predicted octanol–water partition coefficient (Wildman–Crippen LogP) is 2.10. The maximum absolute atomic E-state index is 5.76. The third kappa shape index (κ3) is 7.36. The van der Waals surface area contributed by atoms with Gasteiger partial charge in [0, 0.05) is 48.9 Å². The summed E-state index contributed by atoms with van der Waals surface area (Å²) in [7, 11) is 3.94. The predicted molar refractivity (Wildman–Crippen MR) is 109 cm³/mol. The minimum Gasteiger partial charge on any atom is -0.374 e. The van der Waals surface area contributed by atoms with E-state index in [0.717, 1.165) is 38.6 Å². The Hall–Kier alpha value is -0.380. The molecule has 1 fully saturated rings. The molecule has 1 aromatic heterocycles. The molecule has 1 saturated heterocycles. The van der Waals surface area contributed by atoms with Gasteiger partial charge in [-0.05, 0) is 33.0 Å². The first kappa shape index (κ1) is 20.7. The molecule has 2 N–H and O–H groups in total. The molecule has 1 aromatic rings. The van der Waals surface area contributed by atoms with E-state index in [-0.39, 0.29) is 30.1 Å². The first-order valence-corrected chi connectivity index (χ1v) is 8.71. The average molecular weight is 452 g/mol. The van der Waals surface area contributed by atoms with E-state index in [9.17, 15) is 0 Å². The maximum Gasteiger partial charge on any atom is 0.191 e. The van der Waals surface area contributed by atoms with E-state index in [1.54, 1.807) is 0 Å². The summed E-state index contributed by atoms with van der Waals surface area (Å²) in [5.74, 6) is 0.845. The number of guanidine groups is 1. The van der Waals surface area contributed by atoms with Crippen molar-refractivity contribution in [1.82, 2.24) is 15.5 Å². The van der Waals surface area contributed by atoms with Crippen molar-refractivity contribution in [1.29, 1.82) is 0 Å². The summed E-state index contributed by atoms with van der Waals surface area (Å²) in [6.07, 6.45) is 1.24. The van der Waals surface area contributed by atoms with Gasteiger partial charge in [-0.1, -0.05) is 0 Å². The molecule has 0 aliphatic carbocycles. The Morgan fingerprint density at radius 1 is 1.52 bits per heavy atom. The number of ether oxygens (including phenoxy) is 1. The van der Waals surface area contributed by atoms with E-state index >= 15 is 0 Å². The summed E-state index contributed by atoms with van der Waals surface area (Å²) in [5.41, 5.74) is 0. The molecule has 2 unspecified atom stereocenters. The van der Waals surface area contributed by atoms with Crippen molar-refractivity contribution in [3.05, 3.63) is 21.9 Å². The SMILES string of the molecule is CN=C(NCC1CN(C)CCO1)NC(C)Cc1ccc(C)s1.I. The normalized spacial score (nSPS) is 20.7. The minimum atomic E-state index is 0. The first-order valence-electron chi connectivity index (χ1n) is 7.89. The van der Waals surface area contributed by atoms with Crippen LogP contribution in [-0.2, 0) is 11.2 Å². The second-order valence-corrected chi connectivity index (χ2v) is 7.34. The number of likely N-dealkylation sites (N-methyl/N-ethyl adjacent to an activating group) is 1. The van der Waals surface area contributed by atoms with Crippen molar-refractivity contribution in [2.24, 2.45) is 4.99 Å². The molecule has 0 radical (unpaired) electrons. The van der Waals surface area contributed by atoms with Crippen molar-refractivity contribution in [3.8, 4) is 0 Å². The fourth-order valence-corrected chi connectivity index (χ4v) is 3.60. The van der Waals surface area contributed by atoms with E-state index in [0.29, 0.717) is 6.04 Å². The molecule has 2 heterocycles. The molecule has 1 aliphatic heterocycles. The van der Waals surface area contributed by atoms with Crippen LogP contribution in [0, 0.1) is 6.92 Å². The van der Waals surface area contributed by atoms with Crippen LogP contribution in [0.1, 0.15) is 16.7 Å². The van der Waals surface area contributed by atoms with Crippen molar-refractivity contribution in [3.63, 3.8) is 0 Å². The highest BCUT2D eigenvalue weighted by atomic mass is 127. The van der Waals surface area contributed by atoms with Gasteiger partial charge >= 0.3 is 0 Å². The Morgan fingerprint density at radius 2 is 2.30 bits per heavy atom. The number of hydrogen-bond acceptors (Lipinski definition) is 4. The second kappa shape index (κ2) is 10.5. The molecular formula is C16H29IN4OS. The van der Waals surface area contributed by atoms with E-state index < -0.39 is 0 Å². The molecule has 0 bridgehead atoms. The molecule has 5 nitrogen and oxygen atoms in total. The van der Waals surface area contributed by atoms with Crippen LogP contribution in [0.5, 0.6) is 0 Å². The summed E-state index contributed by atoms with van der Waals surface area (Å²) >= 11 is 1.86. The maximum atomic E-state index is 5.76. The molecule has 0 amide bonds. The highest BCUT2D eigenvalue weighted by Crippen LogP contribution is 2.16. The van der Waals surface area contributed by atoms with E-state index in [4.69, 9.17) is 4.74 Å². The lowest BCUT2D eigenvalue weighted by atomic mass is 10.2. The molecule has 132 valence electrons. The van der Waals surface area contributed by atoms with Gasteiger partial charge < -0.3 is 20.3 Å². The standard InChI is InChI=1S/C16H28N4OS.HI/c1-12(9-15-6-5-13(2)22-15)19-16(17-3)18-10-14-11-20(4)7-8-21-14;/h5-6,12,14H,7-11H2,1-4H3,(H2,17,18,19);1H. The lowest BCUT2D eigenvalue weighted by molar-refractivity contribution is -0.0161. The van der Waals surface area contributed by atoms with Crippen molar-refractivity contribution < 1.29 is 4.74 Å². The van der Waals surface area contributed by atoms with Crippen LogP contribution in [-0.4, -0.2) is 63.3 Å². The fraction of sp³-hybridized carbons (Fsp3) is 0.688. The molecule has 1 aliphatic rings. The first-order chi connectivity index (χ1) is 10.6. The number of aryl methyl sites for hydroxylation is 1. The van der Waals surface area contributed by atoms with Crippen LogP contribution in [0.2, 0.25) is 0 Å². The van der Waals surface area contributed by atoms with Crippen molar-refractivity contribution >= 4 is 41.3 Å². The molecule has 0 saturated carbocycles. The van der Waals surface area contributed by atoms with Crippen LogP contribution < -0.4 is 10.6 Å². The summed E-state index contributed by atoms with van der Waals surface area (Å²) in [5, 5.41) is 6.82. The molecular weight excluding hydrogens is 423 g/mol. The summed E-state index contributed by atoms with van der Waals surface area (Å²) in [6, 6.07) is 4.73. The number of rotatable bonds is 5. The van der Waals surface area contributed by atoms with Gasteiger partial charge in [0.05, 0.1) is 12.7 Å². The lowest BCUT2D eigenvalue weighted by Gasteiger charge is -2.30. The molecule has 0 aromatic carbocycles. The van der Waals surface area contributed by atoms with Crippen LogP contribution in [0.4, 0.5) is 0 Å². The summed E-state index contributed by atoms with van der Waals surface area (Å²) < 4.78 is 5.76. The third-order valence-corrected chi connectivity index (χ3v) is 4.77. The number of halogens is 1. The fourth-order valence-electron chi connectivity index (χ4n) is 2.58. The smallest absolute Gasteiger partial charge is 0.191 e. The van der Waals surface area contributed by atoms with E-state index in [1.807, 2.05) is 18.4 Å². The Labute approximate surface area is 160 Å². The van der Waals surface area contributed by atoms with Gasteiger partial charge in [0.1, 0.15) is 0 Å². The number of aliphatic imine (C=N–C) groups is 1. The van der Waals surface area contributed by atoms with Crippen LogP contribution in [0.3, 0.4) is 0 Å². The van der Waals surface area contributed by atoms with Gasteiger partial charge in [-0.25, -0.2) is 0 Å².